The molecule has 1 fully saturated rings. The van der Waals surface area contributed by atoms with Crippen LogP contribution in [0.15, 0.2) is 30.3 Å². The quantitative estimate of drug-likeness (QED) is 0.816. The summed E-state index contributed by atoms with van der Waals surface area (Å²) >= 11 is 0. The first-order valence-corrected chi connectivity index (χ1v) is 8.57. The zero-order chi connectivity index (χ0) is 20.7. The first kappa shape index (κ1) is 20.2. The third kappa shape index (κ3) is 4.31. The van der Waals surface area contributed by atoms with E-state index in [9.17, 15) is 23.1 Å². The van der Waals surface area contributed by atoms with Crippen LogP contribution in [0.25, 0.3) is 11.3 Å². The highest BCUT2D eigenvalue weighted by Gasteiger charge is 2.35. The number of carbonyl (C=O) groups is 1. The van der Waals surface area contributed by atoms with Gasteiger partial charge in [-0.2, -0.15) is 0 Å². The first-order chi connectivity index (χ1) is 13.0. The monoisotopic (exact) mass is 399 g/mol. The van der Waals surface area contributed by atoms with Crippen molar-refractivity contribution in [1.29, 1.82) is 0 Å². The fourth-order valence-corrected chi connectivity index (χ4v) is 3.27. The molecule has 1 N–H and O–H groups in total. The second-order valence-corrected chi connectivity index (χ2v) is 6.94. The van der Waals surface area contributed by atoms with Gasteiger partial charge >= 0.3 is 12.3 Å². The van der Waals surface area contributed by atoms with Crippen LogP contribution in [0.3, 0.4) is 0 Å². The van der Waals surface area contributed by atoms with Gasteiger partial charge < -0.3 is 23.9 Å². The number of ether oxygens (including phenoxy) is 3. The molecule has 152 valence electrons. The van der Waals surface area contributed by atoms with Gasteiger partial charge in [-0.3, -0.25) is 0 Å². The molecule has 0 bridgehead atoms. The second kappa shape index (κ2) is 7.14. The van der Waals surface area contributed by atoms with Gasteiger partial charge in [0.1, 0.15) is 11.9 Å². The molecule has 9 heteroatoms. The molecule has 1 atom stereocenters. The Kier molecular flexibility index (Phi) is 5.16. The number of nitrogens with zero attached hydrogens (tertiary/aromatic N) is 1. The maximum absolute atomic E-state index is 12.8. The van der Waals surface area contributed by atoms with Crippen molar-refractivity contribution in [2.24, 2.45) is 0 Å². The Morgan fingerprint density at radius 1 is 1.36 bits per heavy atom. The Bertz CT molecular complexity index is 888. The molecule has 0 spiro atoms. The third-order valence-electron chi connectivity index (χ3n) is 4.44. The van der Waals surface area contributed by atoms with Crippen LogP contribution in [0, 0.1) is 6.92 Å². The SMILES string of the molecule is Cc1c(C(=O)O)cc(-c2ccccc2OC(F)(F)F)n1CC1COC(C)(C)O1. The van der Waals surface area contributed by atoms with Crippen LogP contribution in [0.2, 0.25) is 0 Å². The fourth-order valence-electron chi connectivity index (χ4n) is 3.27. The largest absolute Gasteiger partial charge is 0.573 e. The van der Waals surface area contributed by atoms with E-state index in [1.807, 2.05) is 0 Å². The molecule has 0 saturated carbocycles. The molecule has 3 rings (SSSR count). The summed E-state index contributed by atoms with van der Waals surface area (Å²) in [5, 5.41) is 9.47. The van der Waals surface area contributed by atoms with Gasteiger partial charge in [-0.05, 0) is 39.0 Å². The number of rotatable bonds is 5. The minimum atomic E-state index is -4.87. The molecule has 0 aliphatic carbocycles. The van der Waals surface area contributed by atoms with Crippen molar-refractivity contribution >= 4 is 5.97 Å². The molecule has 2 aromatic rings. The lowest BCUT2D eigenvalue weighted by molar-refractivity contribution is -0.274. The van der Waals surface area contributed by atoms with Crippen LogP contribution >= 0.6 is 0 Å². The Labute approximate surface area is 159 Å². The Morgan fingerprint density at radius 2 is 2.04 bits per heavy atom. The molecular formula is C19H20F3NO5. The lowest BCUT2D eigenvalue weighted by atomic mass is 10.1. The molecule has 1 aromatic carbocycles. The Morgan fingerprint density at radius 3 is 2.61 bits per heavy atom. The van der Waals surface area contributed by atoms with Crippen LogP contribution in [0.5, 0.6) is 5.75 Å². The number of hydrogen-bond donors (Lipinski definition) is 1. The predicted molar refractivity (Wildman–Crippen MR) is 93.2 cm³/mol. The van der Waals surface area contributed by atoms with Crippen LogP contribution < -0.4 is 4.74 Å². The maximum Gasteiger partial charge on any atom is 0.573 e. The number of carboxylic acid groups (broad SMARTS) is 1. The van der Waals surface area contributed by atoms with Crippen molar-refractivity contribution in [3.63, 3.8) is 0 Å². The molecule has 1 aliphatic rings. The third-order valence-corrected chi connectivity index (χ3v) is 4.44. The minimum Gasteiger partial charge on any atom is -0.478 e. The number of aromatic nitrogens is 1. The van der Waals surface area contributed by atoms with E-state index in [0.29, 0.717) is 11.4 Å². The lowest BCUT2D eigenvalue weighted by Gasteiger charge is -2.20. The predicted octanol–water partition coefficient (Wildman–Crippen LogP) is 4.21. The number of para-hydroxylation sites is 1. The van der Waals surface area contributed by atoms with Crippen LogP contribution in [0.1, 0.15) is 29.9 Å². The van der Waals surface area contributed by atoms with E-state index in [2.05, 4.69) is 4.74 Å². The summed E-state index contributed by atoms with van der Waals surface area (Å²) in [4.78, 5) is 11.6. The van der Waals surface area contributed by atoms with Gasteiger partial charge in [0.2, 0.25) is 0 Å². The van der Waals surface area contributed by atoms with Crippen molar-refractivity contribution in [3.8, 4) is 17.0 Å². The number of benzene rings is 1. The van der Waals surface area contributed by atoms with E-state index >= 15 is 0 Å². The van der Waals surface area contributed by atoms with E-state index in [1.165, 1.54) is 24.3 Å². The van der Waals surface area contributed by atoms with Gasteiger partial charge in [0, 0.05) is 11.3 Å². The number of carboxylic acids is 1. The molecule has 1 aliphatic heterocycles. The number of alkyl halides is 3. The molecular weight excluding hydrogens is 379 g/mol. The Balaban J connectivity index is 2.06. The lowest BCUT2D eigenvalue weighted by Crippen LogP contribution is -2.25. The zero-order valence-electron chi connectivity index (χ0n) is 15.5. The van der Waals surface area contributed by atoms with E-state index < -0.39 is 23.9 Å². The van der Waals surface area contributed by atoms with Crippen LogP contribution in [-0.4, -0.2) is 40.5 Å². The average Bonchev–Trinajstić information content (AvgIpc) is 3.07. The van der Waals surface area contributed by atoms with Crippen molar-refractivity contribution in [1.82, 2.24) is 4.57 Å². The van der Waals surface area contributed by atoms with Crippen molar-refractivity contribution in [2.45, 2.75) is 45.6 Å². The maximum atomic E-state index is 12.8. The summed E-state index contributed by atoms with van der Waals surface area (Å²) < 4.78 is 55.5. The molecule has 28 heavy (non-hydrogen) atoms. The summed E-state index contributed by atoms with van der Waals surface area (Å²) in [5.41, 5.74) is 0.823. The average molecular weight is 399 g/mol. The smallest absolute Gasteiger partial charge is 0.478 e. The highest BCUT2D eigenvalue weighted by Crippen LogP contribution is 2.36. The van der Waals surface area contributed by atoms with Gasteiger partial charge in [0.05, 0.1) is 24.4 Å². The van der Waals surface area contributed by atoms with Gasteiger partial charge in [0.15, 0.2) is 5.79 Å². The highest BCUT2D eigenvalue weighted by molar-refractivity contribution is 5.91. The number of hydrogen-bond acceptors (Lipinski definition) is 4. The van der Waals surface area contributed by atoms with E-state index in [4.69, 9.17) is 9.47 Å². The first-order valence-electron chi connectivity index (χ1n) is 8.57. The van der Waals surface area contributed by atoms with Gasteiger partial charge in [-0.25, -0.2) is 4.79 Å². The van der Waals surface area contributed by atoms with E-state index in [1.54, 1.807) is 31.4 Å². The molecule has 6 nitrogen and oxygen atoms in total. The van der Waals surface area contributed by atoms with Gasteiger partial charge in [0.25, 0.3) is 0 Å². The zero-order valence-corrected chi connectivity index (χ0v) is 15.5. The number of aromatic carboxylic acids is 1. The molecule has 1 unspecified atom stereocenters. The number of halogens is 3. The summed E-state index contributed by atoms with van der Waals surface area (Å²) in [6, 6.07) is 6.96. The highest BCUT2D eigenvalue weighted by atomic mass is 19.4. The van der Waals surface area contributed by atoms with Gasteiger partial charge in [-0.1, -0.05) is 12.1 Å². The van der Waals surface area contributed by atoms with Crippen molar-refractivity contribution in [2.75, 3.05) is 6.61 Å². The van der Waals surface area contributed by atoms with Crippen molar-refractivity contribution in [3.05, 3.63) is 41.6 Å². The summed E-state index contributed by atoms with van der Waals surface area (Å²) in [6.45, 7) is 5.61. The normalized spacial score (nSPS) is 19.0. The van der Waals surface area contributed by atoms with E-state index in [0.717, 1.165) is 0 Å². The standard InChI is InChI=1S/C19H20F3NO5/c1-11-14(17(24)25)8-15(23(11)9-12-10-26-18(2,3)27-12)13-6-4-5-7-16(13)28-19(20,21)22/h4-8,12H,9-10H2,1-3H3,(H,24,25). The fraction of sp³-hybridized carbons (Fsp3) is 0.421. The molecule has 0 radical (unpaired) electrons. The topological polar surface area (TPSA) is 69.9 Å². The molecule has 2 heterocycles. The Hall–Kier alpha value is -2.52. The summed E-state index contributed by atoms with van der Waals surface area (Å²) in [6.07, 6.45) is -5.25. The van der Waals surface area contributed by atoms with Crippen molar-refractivity contribution < 1.29 is 37.3 Å². The molecule has 1 saturated heterocycles. The summed E-state index contributed by atoms with van der Waals surface area (Å²) in [7, 11) is 0. The van der Waals surface area contributed by atoms with Crippen LogP contribution in [-0.2, 0) is 16.0 Å². The van der Waals surface area contributed by atoms with Crippen LogP contribution in [0.4, 0.5) is 13.2 Å². The van der Waals surface area contributed by atoms with Gasteiger partial charge in [-0.15, -0.1) is 13.2 Å². The molecule has 1 aromatic heterocycles. The van der Waals surface area contributed by atoms with E-state index in [-0.39, 0.29) is 30.4 Å². The molecule has 0 amide bonds. The summed E-state index contributed by atoms with van der Waals surface area (Å²) in [5.74, 6) is -2.36. The minimum absolute atomic E-state index is 0.00464. The second-order valence-electron chi connectivity index (χ2n) is 6.94.